The number of rotatable bonds is 2. The van der Waals surface area contributed by atoms with E-state index in [0.717, 1.165) is 36.8 Å². The van der Waals surface area contributed by atoms with E-state index in [4.69, 9.17) is 0 Å². The topological polar surface area (TPSA) is 45.2 Å². The van der Waals surface area contributed by atoms with Crippen LogP contribution < -0.4 is 5.32 Å². The van der Waals surface area contributed by atoms with Crippen molar-refractivity contribution in [3.63, 3.8) is 0 Å². The van der Waals surface area contributed by atoms with Gasteiger partial charge in [0.15, 0.2) is 0 Å². The molecule has 0 unspecified atom stereocenters. The van der Waals surface area contributed by atoms with E-state index in [1.807, 2.05) is 17.2 Å². The number of piperazine rings is 1. The highest BCUT2D eigenvalue weighted by atomic mass is 32.2. The lowest BCUT2D eigenvalue weighted by Gasteiger charge is -2.27. The van der Waals surface area contributed by atoms with Gasteiger partial charge < -0.3 is 10.2 Å². The molecule has 2 heterocycles. The van der Waals surface area contributed by atoms with E-state index in [1.54, 1.807) is 24.0 Å². The highest BCUT2D eigenvalue weighted by Crippen LogP contribution is 2.14. The second kappa shape index (κ2) is 5.32. The molecule has 1 fully saturated rings. The number of nitrogens with one attached hydrogen (secondary N) is 1. The summed E-state index contributed by atoms with van der Waals surface area (Å²) in [4.78, 5) is 18.2. The first-order chi connectivity index (χ1) is 7.81. The zero-order valence-corrected chi connectivity index (χ0v) is 10.1. The molecule has 1 aromatic heterocycles. The molecule has 1 aromatic rings. The number of hydrogen-bond donors (Lipinski definition) is 1. The highest BCUT2D eigenvalue weighted by molar-refractivity contribution is 7.98. The number of pyridine rings is 1. The summed E-state index contributed by atoms with van der Waals surface area (Å²) < 4.78 is 0. The van der Waals surface area contributed by atoms with Crippen LogP contribution in [0.15, 0.2) is 23.4 Å². The SMILES string of the molecule is CSc1cc(C(=O)N2CCNCC2)ccn1. The summed E-state index contributed by atoms with van der Waals surface area (Å²) >= 11 is 1.55. The molecule has 0 bridgehead atoms. The first-order valence-corrected chi connectivity index (χ1v) is 6.54. The van der Waals surface area contributed by atoms with Gasteiger partial charge in [-0.1, -0.05) is 0 Å². The standard InChI is InChI=1S/C11H15N3OS/c1-16-10-8-9(2-3-13-10)11(15)14-6-4-12-5-7-14/h2-3,8,12H,4-7H2,1H3. The van der Waals surface area contributed by atoms with E-state index in [2.05, 4.69) is 10.3 Å². The van der Waals surface area contributed by atoms with Crippen molar-refractivity contribution in [2.75, 3.05) is 32.4 Å². The van der Waals surface area contributed by atoms with Gasteiger partial charge in [0.25, 0.3) is 5.91 Å². The lowest BCUT2D eigenvalue weighted by molar-refractivity contribution is 0.0735. The maximum atomic E-state index is 12.1. The molecule has 16 heavy (non-hydrogen) atoms. The van der Waals surface area contributed by atoms with E-state index >= 15 is 0 Å². The zero-order chi connectivity index (χ0) is 11.4. The first-order valence-electron chi connectivity index (χ1n) is 5.31. The largest absolute Gasteiger partial charge is 0.336 e. The van der Waals surface area contributed by atoms with E-state index in [9.17, 15) is 4.79 Å². The lowest BCUT2D eigenvalue weighted by Crippen LogP contribution is -2.46. The van der Waals surface area contributed by atoms with Crippen LogP contribution in [0.3, 0.4) is 0 Å². The predicted molar refractivity (Wildman–Crippen MR) is 64.8 cm³/mol. The van der Waals surface area contributed by atoms with Crippen molar-refractivity contribution in [2.24, 2.45) is 0 Å². The summed E-state index contributed by atoms with van der Waals surface area (Å²) in [5.41, 5.74) is 0.737. The van der Waals surface area contributed by atoms with Crippen LogP contribution in [0.4, 0.5) is 0 Å². The minimum atomic E-state index is 0.110. The molecule has 0 atom stereocenters. The summed E-state index contributed by atoms with van der Waals surface area (Å²) in [5, 5.41) is 4.12. The summed E-state index contributed by atoms with van der Waals surface area (Å²) in [7, 11) is 0. The number of thioether (sulfide) groups is 1. The van der Waals surface area contributed by atoms with Crippen molar-refractivity contribution < 1.29 is 4.79 Å². The average molecular weight is 237 g/mol. The molecule has 2 rings (SSSR count). The number of amides is 1. The van der Waals surface area contributed by atoms with Crippen LogP contribution in [-0.2, 0) is 0 Å². The molecule has 1 aliphatic rings. The fourth-order valence-corrected chi connectivity index (χ4v) is 2.12. The maximum Gasteiger partial charge on any atom is 0.254 e. The Labute approximate surface area is 99.4 Å². The Morgan fingerprint density at radius 1 is 1.50 bits per heavy atom. The van der Waals surface area contributed by atoms with Gasteiger partial charge in [0.05, 0.1) is 5.03 Å². The van der Waals surface area contributed by atoms with Gasteiger partial charge in [-0.25, -0.2) is 4.98 Å². The van der Waals surface area contributed by atoms with Gasteiger partial charge in [-0.3, -0.25) is 4.79 Å². The van der Waals surface area contributed by atoms with Gasteiger partial charge in [-0.2, -0.15) is 0 Å². The van der Waals surface area contributed by atoms with Gasteiger partial charge in [0, 0.05) is 37.9 Å². The second-order valence-electron chi connectivity index (χ2n) is 3.63. The predicted octanol–water partition coefficient (Wildman–Crippen LogP) is 0.849. The molecule has 1 N–H and O–H groups in total. The van der Waals surface area contributed by atoms with Gasteiger partial charge in [-0.05, 0) is 18.4 Å². The number of carbonyl (C=O) groups is 1. The summed E-state index contributed by atoms with van der Waals surface area (Å²) in [6, 6.07) is 3.64. The molecule has 5 heteroatoms. The van der Waals surface area contributed by atoms with Crippen molar-refractivity contribution in [3.05, 3.63) is 23.9 Å². The van der Waals surface area contributed by atoms with Crippen LogP contribution in [0.2, 0.25) is 0 Å². The Kier molecular flexibility index (Phi) is 3.79. The van der Waals surface area contributed by atoms with E-state index in [1.165, 1.54) is 0 Å². The van der Waals surface area contributed by atoms with Gasteiger partial charge in [0.2, 0.25) is 0 Å². The smallest absolute Gasteiger partial charge is 0.254 e. The van der Waals surface area contributed by atoms with Crippen LogP contribution in [0.5, 0.6) is 0 Å². The zero-order valence-electron chi connectivity index (χ0n) is 9.27. The Morgan fingerprint density at radius 3 is 2.94 bits per heavy atom. The molecule has 1 aliphatic heterocycles. The van der Waals surface area contributed by atoms with Crippen LogP contribution in [-0.4, -0.2) is 48.2 Å². The first kappa shape index (κ1) is 11.4. The minimum Gasteiger partial charge on any atom is -0.336 e. The number of nitrogens with zero attached hydrogens (tertiary/aromatic N) is 2. The molecule has 0 aromatic carbocycles. The molecule has 0 radical (unpaired) electrons. The van der Waals surface area contributed by atoms with Crippen molar-refractivity contribution in [3.8, 4) is 0 Å². The second-order valence-corrected chi connectivity index (χ2v) is 4.46. The van der Waals surface area contributed by atoms with Crippen molar-refractivity contribution >= 4 is 17.7 Å². The number of aromatic nitrogens is 1. The molecule has 0 spiro atoms. The third-order valence-corrected chi connectivity index (χ3v) is 3.24. The van der Waals surface area contributed by atoms with Gasteiger partial charge in [0.1, 0.15) is 0 Å². The summed E-state index contributed by atoms with van der Waals surface area (Å²) in [5.74, 6) is 0.110. The fourth-order valence-electron chi connectivity index (χ4n) is 1.70. The summed E-state index contributed by atoms with van der Waals surface area (Å²) in [6.45, 7) is 3.34. The van der Waals surface area contributed by atoms with Crippen molar-refractivity contribution in [1.29, 1.82) is 0 Å². The minimum absolute atomic E-state index is 0.110. The number of carbonyl (C=O) groups excluding carboxylic acids is 1. The lowest BCUT2D eigenvalue weighted by atomic mass is 10.2. The van der Waals surface area contributed by atoms with Crippen molar-refractivity contribution in [2.45, 2.75) is 5.03 Å². The Balaban J connectivity index is 2.12. The van der Waals surface area contributed by atoms with E-state index in [-0.39, 0.29) is 5.91 Å². The van der Waals surface area contributed by atoms with Crippen LogP contribution in [0.25, 0.3) is 0 Å². The number of hydrogen-bond acceptors (Lipinski definition) is 4. The van der Waals surface area contributed by atoms with Crippen LogP contribution in [0.1, 0.15) is 10.4 Å². The normalized spacial score (nSPS) is 16.2. The third-order valence-electron chi connectivity index (χ3n) is 2.60. The third kappa shape index (κ3) is 2.54. The van der Waals surface area contributed by atoms with Gasteiger partial charge >= 0.3 is 0 Å². The van der Waals surface area contributed by atoms with Crippen LogP contribution in [0, 0.1) is 0 Å². The Morgan fingerprint density at radius 2 is 2.25 bits per heavy atom. The molecule has 86 valence electrons. The van der Waals surface area contributed by atoms with Gasteiger partial charge in [-0.15, -0.1) is 11.8 Å². The average Bonchev–Trinajstić information content (AvgIpc) is 2.39. The maximum absolute atomic E-state index is 12.1. The monoisotopic (exact) mass is 237 g/mol. The highest BCUT2D eigenvalue weighted by Gasteiger charge is 2.17. The Bertz CT molecular complexity index is 377. The molecular formula is C11H15N3OS. The molecule has 1 saturated heterocycles. The molecule has 4 nitrogen and oxygen atoms in total. The van der Waals surface area contributed by atoms with Crippen LogP contribution >= 0.6 is 11.8 Å². The molecule has 0 aliphatic carbocycles. The fraction of sp³-hybridized carbons (Fsp3) is 0.455. The molecule has 1 amide bonds. The Hall–Kier alpha value is -1.07. The summed E-state index contributed by atoms with van der Waals surface area (Å²) in [6.07, 6.45) is 3.66. The van der Waals surface area contributed by atoms with E-state index < -0.39 is 0 Å². The van der Waals surface area contributed by atoms with Crippen molar-refractivity contribution in [1.82, 2.24) is 15.2 Å². The van der Waals surface area contributed by atoms with E-state index in [0.29, 0.717) is 0 Å². The quantitative estimate of drug-likeness (QED) is 0.775. The molecule has 0 saturated carbocycles. The molecular weight excluding hydrogens is 222 g/mol.